The van der Waals surface area contributed by atoms with Crippen molar-refractivity contribution in [1.29, 1.82) is 0 Å². The van der Waals surface area contributed by atoms with E-state index in [4.69, 9.17) is 11.6 Å². The molecule has 1 aliphatic heterocycles. The quantitative estimate of drug-likeness (QED) is 0.702. The van der Waals surface area contributed by atoms with E-state index in [0.29, 0.717) is 17.5 Å². The second-order valence-electron chi connectivity index (χ2n) is 6.46. The number of hydrogen-bond donors (Lipinski definition) is 2. The van der Waals surface area contributed by atoms with Crippen LogP contribution < -0.4 is 10.6 Å². The van der Waals surface area contributed by atoms with E-state index >= 15 is 0 Å². The fourth-order valence-electron chi connectivity index (χ4n) is 2.90. The van der Waals surface area contributed by atoms with E-state index in [1.165, 1.54) is 16.8 Å². The molecule has 7 nitrogen and oxygen atoms in total. The van der Waals surface area contributed by atoms with Crippen molar-refractivity contribution >= 4 is 35.1 Å². The first-order chi connectivity index (χ1) is 13.4. The number of carbonyl (C=O) groups excluding carboxylic acids is 2. The summed E-state index contributed by atoms with van der Waals surface area (Å²) >= 11 is 5.72. The average molecular weight is 400 g/mol. The van der Waals surface area contributed by atoms with Gasteiger partial charge in [-0.15, -0.1) is 5.10 Å². The number of rotatable bonds is 4. The Labute approximate surface area is 164 Å². The zero-order valence-electron chi connectivity index (χ0n) is 14.7. The van der Waals surface area contributed by atoms with Gasteiger partial charge < -0.3 is 5.32 Å². The molecule has 0 radical (unpaired) electrons. The van der Waals surface area contributed by atoms with E-state index in [1.807, 2.05) is 31.2 Å². The Balaban J connectivity index is 1.51. The predicted molar refractivity (Wildman–Crippen MR) is 103 cm³/mol. The second-order valence-corrected chi connectivity index (χ2v) is 6.86. The Morgan fingerprint density at radius 3 is 2.75 bits per heavy atom. The van der Waals surface area contributed by atoms with E-state index in [1.54, 1.807) is 0 Å². The molecule has 0 fully saturated rings. The molecular weight excluding hydrogens is 385 g/mol. The number of halogens is 2. The molecule has 0 bridgehead atoms. The summed E-state index contributed by atoms with van der Waals surface area (Å²) < 4.78 is 14.6. The summed E-state index contributed by atoms with van der Waals surface area (Å²) in [7, 11) is 0. The van der Waals surface area contributed by atoms with Crippen LogP contribution in [0.25, 0.3) is 11.4 Å². The van der Waals surface area contributed by atoms with Crippen molar-refractivity contribution in [3.8, 4) is 11.4 Å². The topological polar surface area (TPSA) is 88.9 Å². The van der Waals surface area contributed by atoms with Gasteiger partial charge in [0.1, 0.15) is 11.9 Å². The molecule has 142 valence electrons. The van der Waals surface area contributed by atoms with Crippen molar-refractivity contribution in [3.63, 3.8) is 0 Å². The third-order valence-corrected chi connectivity index (χ3v) is 4.65. The molecule has 0 saturated heterocycles. The molecule has 1 aromatic heterocycles. The molecular formula is C19H15ClFN5O2. The zero-order valence-corrected chi connectivity index (χ0v) is 15.5. The largest absolute Gasteiger partial charge is 0.326 e. The Kier molecular flexibility index (Phi) is 4.56. The van der Waals surface area contributed by atoms with Gasteiger partial charge in [0.15, 0.2) is 5.82 Å². The smallest absolute Gasteiger partial charge is 0.252 e. The van der Waals surface area contributed by atoms with Crippen LogP contribution in [0.4, 0.5) is 16.0 Å². The first kappa shape index (κ1) is 18.1. The molecule has 2 amide bonds. The van der Waals surface area contributed by atoms with Crippen molar-refractivity contribution in [2.45, 2.75) is 19.4 Å². The third kappa shape index (κ3) is 3.46. The van der Waals surface area contributed by atoms with Crippen LogP contribution in [0, 0.1) is 12.7 Å². The maximum atomic E-state index is 13.2. The molecule has 1 atom stereocenters. The van der Waals surface area contributed by atoms with Gasteiger partial charge in [-0.05, 0) is 25.1 Å². The van der Waals surface area contributed by atoms with Crippen molar-refractivity contribution in [2.75, 3.05) is 10.6 Å². The molecule has 0 aliphatic carbocycles. The standard InChI is InChI=1S/C19H15ClFN5O2/c1-10-2-4-11(5-3-10)17-23-19-24-18(28)15(26(19)25-17)9-16(27)22-12-6-7-14(21)13(20)8-12/h2-8,15H,9H2,1H3,(H,22,27)(H,23,24,25,28)/t15-/m1/s1. The van der Waals surface area contributed by atoms with Gasteiger partial charge in [0.25, 0.3) is 5.91 Å². The first-order valence-electron chi connectivity index (χ1n) is 8.50. The maximum Gasteiger partial charge on any atom is 0.252 e. The van der Waals surface area contributed by atoms with Crippen molar-refractivity contribution < 1.29 is 14.0 Å². The Hall–Kier alpha value is -3.26. The lowest BCUT2D eigenvalue weighted by Crippen LogP contribution is -2.23. The number of aromatic nitrogens is 3. The van der Waals surface area contributed by atoms with Crippen molar-refractivity contribution in [2.24, 2.45) is 0 Å². The minimum atomic E-state index is -0.822. The number of anilines is 2. The summed E-state index contributed by atoms with van der Waals surface area (Å²) in [5, 5.41) is 9.52. The summed E-state index contributed by atoms with van der Waals surface area (Å²) in [6.45, 7) is 1.98. The van der Waals surface area contributed by atoms with E-state index in [2.05, 4.69) is 20.7 Å². The Bertz CT molecular complexity index is 1080. The third-order valence-electron chi connectivity index (χ3n) is 4.36. The van der Waals surface area contributed by atoms with Gasteiger partial charge in [-0.25, -0.2) is 9.07 Å². The van der Waals surface area contributed by atoms with Crippen LogP contribution in [-0.2, 0) is 9.59 Å². The minimum Gasteiger partial charge on any atom is -0.326 e. The maximum absolute atomic E-state index is 13.2. The highest BCUT2D eigenvalue weighted by atomic mass is 35.5. The summed E-state index contributed by atoms with van der Waals surface area (Å²) in [5.41, 5.74) is 2.26. The molecule has 2 heterocycles. The van der Waals surface area contributed by atoms with Crippen LogP contribution in [0.15, 0.2) is 42.5 Å². The van der Waals surface area contributed by atoms with Gasteiger partial charge in [0, 0.05) is 11.3 Å². The highest BCUT2D eigenvalue weighted by Gasteiger charge is 2.35. The van der Waals surface area contributed by atoms with Gasteiger partial charge in [0.05, 0.1) is 11.4 Å². The second kappa shape index (κ2) is 7.05. The molecule has 28 heavy (non-hydrogen) atoms. The van der Waals surface area contributed by atoms with Crippen LogP contribution in [0.5, 0.6) is 0 Å². The molecule has 0 unspecified atom stereocenters. The molecule has 3 aromatic rings. The lowest BCUT2D eigenvalue weighted by atomic mass is 10.1. The predicted octanol–water partition coefficient (Wildman–Crippen LogP) is 3.57. The number of benzene rings is 2. The van der Waals surface area contributed by atoms with Crippen LogP contribution in [0.1, 0.15) is 18.0 Å². The van der Waals surface area contributed by atoms with Crippen LogP contribution in [-0.4, -0.2) is 26.6 Å². The molecule has 0 saturated carbocycles. The molecule has 4 rings (SSSR count). The highest BCUT2D eigenvalue weighted by Crippen LogP contribution is 2.29. The number of hydrogen-bond acceptors (Lipinski definition) is 4. The summed E-state index contributed by atoms with van der Waals surface area (Å²) in [6.07, 6.45) is -0.148. The number of amides is 2. The zero-order chi connectivity index (χ0) is 19.8. The lowest BCUT2D eigenvalue weighted by molar-refractivity contribution is -0.123. The number of nitrogens with zero attached hydrogens (tertiary/aromatic N) is 3. The first-order valence-corrected chi connectivity index (χ1v) is 8.88. The summed E-state index contributed by atoms with van der Waals surface area (Å²) in [5.74, 6) is -0.611. The fourth-order valence-corrected chi connectivity index (χ4v) is 3.08. The normalized spacial score (nSPS) is 15.2. The van der Waals surface area contributed by atoms with E-state index in [0.717, 1.165) is 17.2 Å². The van der Waals surface area contributed by atoms with E-state index in [-0.39, 0.29) is 17.4 Å². The molecule has 0 spiro atoms. The molecule has 9 heteroatoms. The van der Waals surface area contributed by atoms with Gasteiger partial charge in [-0.2, -0.15) is 4.98 Å². The van der Waals surface area contributed by atoms with E-state index in [9.17, 15) is 14.0 Å². The fraction of sp³-hybridized carbons (Fsp3) is 0.158. The van der Waals surface area contributed by atoms with Crippen LogP contribution in [0.3, 0.4) is 0 Å². The SMILES string of the molecule is Cc1ccc(-c2nc3n(n2)[C@H](CC(=O)Nc2ccc(F)c(Cl)c2)C(=O)N3)cc1. The van der Waals surface area contributed by atoms with E-state index < -0.39 is 17.8 Å². The lowest BCUT2D eigenvalue weighted by Gasteiger charge is -2.10. The van der Waals surface area contributed by atoms with Crippen LogP contribution in [0.2, 0.25) is 5.02 Å². The monoisotopic (exact) mass is 399 g/mol. The summed E-state index contributed by atoms with van der Waals surface area (Å²) in [4.78, 5) is 28.9. The minimum absolute atomic E-state index is 0.0993. The Morgan fingerprint density at radius 1 is 1.29 bits per heavy atom. The van der Waals surface area contributed by atoms with Gasteiger partial charge in [-0.1, -0.05) is 41.4 Å². The van der Waals surface area contributed by atoms with Crippen molar-refractivity contribution in [3.05, 3.63) is 58.9 Å². The summed E-state index contributed by atoms with van der Waals surface area (Å²) in [6, 6.07) is 10.7. The van der Waals surface area contributed by atoms with Crippen molar-refractivity contribution in [1.82, 2.24) is 14.8 Å². The highest BCUT2D eigenvalue weighted by molar-refractivity contribution is 6.31. The number of nitrogens with one attached hydrogen (secondary N) is 2. The van der Waals surface area contributed by atoms with Gasteiger partial charge in [0.2, 0.25) is 11.9 Å². The van der Waals surface area contributed by atoms with Gasteiger partial charge >= 0.3 is 0 Å². The molecule has 2 N–H and O–H groups in total. The van der Waals surface area contributed by atoms with Gasteiger partial charge in [-0.3, -0.25) is 14.9 Å². The Morgan fingerprint density at radius 2 is 2.04 bits per heavy atom. The number of aryl methyl sites for hydroxylation is 1. The molecule has 2 aromatic carbocycles. The average Bonchev–Trinajstić information content (AvgIpc) is 3.18. The number of carbonyl (C=O) groups is 2. The number of fused-ring (bicyclic) bond motifs is 1. The molecule has 1 aliphatic rings. The van der Waals surface area contributed by atoms with Crippen LogP contribution >= 0.6 is 11.6 Å².